The van der Waals surface area contributed by atoms with Crippen molar-refractivity contribution in [3.63, 3.8) is 0 Å². The van der Waals surface area contributed by atoms with E-state index in [0.29, 0.717) is 24.7 Å². The standard InChI is InChI=1S/C15H23N5O4S2/c1-17(2)8-7-16-15(25)18-9-11-19(12-10-18)26(23,24)14-6-4-3-5-13(14)20(21)22/h3-6H,7-12H2,1-2H3,(H,16,25). The molecule has 1 aliphatic heterocycles. The van der Waals surface area contributed by atoms with Gasteiger partial charge in [0.25, 0.3) is 5.69 Å². The Labute approximate surface area is 158 Å². The van der Waals surface area contributed by atoms with Gasteiger partial charge < -0.3 is 15.1 Å². The zero-order chi connectivity index (χ0) is 19.3. The van der Waals surface area contributed by atoms with E-state index in [1.165, 1.54) is 28.6 Å². The lowest BCUT2D eigenvalue weighted by atomic mass is 10.3. The van der Waals surface area contributed by atoms with Crippen molar-refractivity contribution in [2.24, 2.45) is 0 Å². The molecule has 0 atom stereocenters. The Hall–Kier alpha value is -1.82. The number of hydrogen-bond acceptors (Lipinski definition) is 6. The summed E-state index contributed by atoms with van der Waals surface area (Å²) in [6, 6.07) is 5.41. The number of nitrogens with zero attached hydrogens (tertiary/aromatic N) is 4. The topological polar surface area (TPSA) is 99.0 Å². The minimum Gasteiger partial charge on any atom is -0.361 e. The molecular formula is C15H23N5O4S2. The number of nitro groups is 1. The summed E-state index contributed by atoms with van der Waals surface area (Å²) in [5.41, 5.74) is -0.407. The van der Waals surface area contributed by atoms with Gasteiger partial charge in [0.15, 0.2) is 10.0 Å². The number of para-hydroxylation sites is 1. The number of likely N-dealkylation sites (N-methyl/N-ethyl adjacent to an activating group) is 1. The minimum absolute atomic E-state index is 0.226. The molecule has 0 unspecified atom stereocenters. The highest BCUT2D eigenvalue weighted by Crippen LogP contribution is 2.26. The van der Waals surface area contributed by atoms with Crippen LogP contribution in [0.15, 0.2) is 29.2 Å². The molecule has 1 aromatic carbocycles. The molecule has 0 spiro atoms. The number of benzene rings is 1. The van der Waals surface area contributed by atoms with Crippen LogP contribution in [0.1, 0.15) is 0 Å². The van der Waals surface area contributed by atoms with Gasteiger partial charge in [0.2, 0.25) is 10.0 Å². The number of nitrogens with one attached hydrogen (secondary N) is 1. The number of nitro benzene ring substituents is 1. The molecule has 1 aliphatic rings. The van der Waals surface area contributed by atoms with E-state index in [2.05, 4.69) is 5.32 Å². The Kier molecular flexibility index (Phi) is 6.87. The third-order valence-electron chi connectivity index (χ3n) is 4.04. The van der Waals surface area contributed by atoms with Crippen LogP contribution < -0.4 is 5.32 Å². The summed E-state index contributed by atoms with van der Waals surface area (Å²) in [4.78, 5) is 14.1. The smallest absolute Gasteiger partial charge is 0.289 e. The van der Waals surface area contributed by atoms with Crippen LogP contribution in [0.25, 0.3) is 0 Å². The van der Waals surface area contributed by atoms with E-state index in [9.17, 15) is 18.5 Å². The number of thiocarbonyl (C=S) groups is 1. The highest BCUT2D eigenvalue weighted by molar-refractivity contribution is 7.89. The third kappa shape index (κ3) is 4.87. The Morgan fingerprint density at radius 2 is 1.88 bits per heavy atom. The number of sulfonamides is 1. The minimum atomic E-state index is -3.92. The zero-order valence-electron chi connectivity index (χ0n) is 14.8. The fourth-order valence-corrected chi connectivity index (χ4v) is 4.46. The monoisotopic (exact) mass is 401 g/mol. The first kappa shape index (κ1) is 20.5. The van der Waals surface area contributed by atoms with Crippen LogP contribution in [0.4, 0.5) is 5.69 Å². The lowest BCUT2D eigenvalue weighted by Crippen LogP contribution is -2.53. The molecule has 9 nitrogen and oxygen atoms in total. The van der Waals surface area contributed by atoms with E-state index >= 15 is 0 Å². The van der Waals surface area contributed by atoms with Gasteiger partial charge in [0.05, 0.1) is 4.92 Å². The molecule has 0 radical (unpaired) electrons. The van der Waals surface area contributed by atoms with Crippen LogP contribution in [-0.2, 0) is 10.0 Å². The highest BCUT2D eigenvalue weighted by atomic mass is 32.2. The molecule has 0 aliphatic carbocycles. The number of rotatable bonds is 6. The number of piperazine rings is 1. The maximum Gasteiger partial charge on any atom is 0.289 e. The van der Waals surface area contributed by atoms with Crippen LogP contribution in [0.3, 0.4) is 0 Å². The van der Waals surface area contributed by atoms with Crippen molar-refractivity contribution in [2.75, 3.05) is 53.4 Å². The van der Waals surface area contributed by atoms with E-state index in [0.717, 1.165) is 6.54 Å². The van der Waals surface area contributed by atoms with E-state index in [1.807, 2.05) is 23.9 Å². The van der Waals surface area contributed by atoms with Crippen molar-refractivity contribution in [2.45, 2.75) is 4.90 Å². The molecule has 0 bridgehead atoms. The second kappa shape index (κ2) is 8.71. The predicted octanol–water partition coefficient (Wildman–Crippen LogP) is 0.337. The summed E-state index contributed by atoms with van der Waals surface area (Å²) in [6.45, 7) is 2.88. The van der Waals surface area contributed by atoms with Gasteiger partial charge in [-0.15, -0.1) is 0 Å². The first-order chi connectivity index (χ1) is 12.2. The molecule has 1 aromatic rings. The van der Waals surface area contributed by atoms with Crippen molar-refractivity contribution >= 4 is 33.0 Å². The molecule has 0 aromatic heterocycles. The molecule has 0 amide bonds. The summed E-state index contributed by atoms with van der Waals surface area (Å²) in [6.07, 6.45) is 0. The Balaban J connectivity index is 2.01. The summed E-state index contributed by atoms with van der Waals surface area (Å²) in [7, 11) is 0.0184. The fourth-order valence-electron chi connectivity index (χ4n) is 2.60. The highest BCUT2D eigenvalue weighted by Gasteiger charge is 2.33. The fraction of sp³-hybridized carbons (Fsp3) is 0.533. The van der Waals surface area contributed by atoms with Crippen molar-refractivity contribution in [1.82, 2.24) is 19.4 Å². The molecule has 11 heteroatoms. The Bertz CT molecular complexity index is 761. The van der Waals surface area contributed by atoms with Gasteiger partial charge in [0.1, 0.15) is 0 Å². The SMILES string of the molecule is CN(C)CCNC(=S)N1CCN(S(=O)(=O)c2ccccc2[N+](=O)[O-])CC1. The van der Waals surface area contributed by atoms with Crippen LogP contribution in [0.2, 0.25) is 0 Å². The average molecular weight is 402 g/mol. The van der Waals surface area contributed by atoms with Crippen molar-refractivity contribution < 1.29 is 13.3 Å². The molecule has 1 fully saturated rings. The van der Waals surface area contributed by atoms with Gasteiger partial charge in [-0.3, -0.25) is 10.1 Å². The lowest BCUT2D eigenvalue weighted by molar-refractivity contribution is -0.387. The molecule has 1 heterocycles. The molecule has 1 N–H and O–H groups in total. The van der Waals surface area contributed by atoms with Crippen molar-refractivity contribution in [1.29, 1.82) is 0 Å². The Morgan fingerprint density at radius 3 is 2.46 bits per heavy atom. The maximum absolute atomic E-state index is 12.8. The molecule has 0 saturated carbocycles. The van der Waals surface area contributed by atoms with Crippen LogP contribution in [0.5, 0.6) is 0 Å². The van der Waals surface area contributed by atoms with E-state index in [4.69, 9.17) is 12.2 Å². The first-order valence-electron chi connectivity index (χ1n) is 8.14. The third-order valence-corrected chi connectivity index (χ3v) is 6.39. The van der Waals surface area contributed by atoms with Crippen LogP contribution in [-0.4, -0.2) is 85.9 Å². The van der Waals surface area contributed by atoms with Gasteiger partial charge >= 0.3 is 0 Å². The van der Waals surface area contributed by atoms with Gasteiger partial charge in [-0.1, -0.05) is 12.1 Å². The predicted molar refractivity (Wildman–Crippen MR) is 103 cm³/mol. The molecule has 2 rings (SSSR count). The van der Waals surface area contributed by atoms with Crippen molar-refractivity contribution in [3.05, 3.63) is 34.4 Å². The zero-order valence-corrected chi connectivity index (χ0v) is 16.4. The second-order valence-corrected chi connectivity index (χ2v) is 8.44. The quantitative estimate of drug-likeness (QED) is 0.414. The Morgan fingerprint density at radius 1 is 1.27 bits per heavy atom. The van der Waals surface area contributed by atoms with Crippen molar-refractivity contribution in [3.8, 4) is 0 Å². The van der Waals surface area contributed by atoms with Crippen LogP contribution in [0, 0.1) is 10.1 Å². The van der Waals surface area contributed by atoms with E-state index in [-0.39, 0.29) is 18.0 Å². The van der Waals surface area contributed by atoms with Gasteiger partial charge in [-0.2, -0.15) is 4.31 Å². The molecular weight excluding hydrogens is 378 g/mol. The summed E-state index contributed by atoms with van der Waals surface area (Å²) in [5.74, 6) is 0. The van der Waals surface area contributed by atoms with E-state index in [1.54, 1.807) is 0 Å². The molecule has 1 saturated heterocycles. The number of hydrogen-bond donors (Lipinski definition) is 1. The first-order valence-corrected chi connectivity index (χ1v) is 9.99. The normalized spacial score (nSPS) is 15.9. The summed E-state index contributed by atoms with van der Waals surface area (Å²) >= 11 is 5.35. The summed E-state index contributed by atoms with van der Waals surface area (Å²) in [5, 5.41) is 14.9. The maximum atomic E-state index is 12.8. The molecule has 26 heavy (non-hydrogen) atoms. The van der Waals surface area contributed by atoms with Crippen LogP contribution >= 0.6 is 12.2 Å². The average Bonchev–Trinajstić information content (AvgIpc) is 2.61. The van der Waals surface area contributed by atoms with Gasteiger partial charge in [-0.05, 0) is 32.4 Å². The van der Waals surface area contributed by atoms with Gasteiger partial charge in [0, 0.05) is 45.3 Å². The lowest BCUT2D eigenvalue weighted by Gasteiger charge is -2.35. The van der Waals surface area contributed by atoms with E-state index < -0.39 is 20.6 Å². The van der Waals surface area contributed by atoms with Gasteiger partial charge in [-0.25, -0.2) is 8.42 Å². The molecule has 144 valence electrons. The largest absolute Gasteiger partial charge is 0.361 e. The summed E-state index contributed by atoms with van der Waals surface area (Å²) < 4.78 is 26.8. The second-order valence-electron chi connectivity index (χ2n) is 6.15.